The zero-order valence-corrected chi connectivity index (χ0v) is 17.3. The minimum Gasteiger partial charge on any atom is -0.393 e. The van der Waals surface area contributed by atoms with Crippen molar-refractivity contribution < 1.29 is 9.18 Å². The molecule has 0 atom stereocenters. The van der Waals surface area contributed by atoms with Crippen molar-refractivity contribution in [2.75, 3.05) is 47.1 Å². The number of hydrogen-bond acceptors (Lipinski definition) is 7. The molecule has 2 aromatic carbocycles. The molecule has 1 aromatic heterocycles. The number of anilines is 4. The summed E-state index contributed by atoms with van der Waals surface area (Å²) in [7, 11) is 0. The molecule has 0 unspecified atom stereocenters. The summed E-state index contributed by atoms with van der Waals surface area (Å²) in [5.41, 5.74) is 12.9. The minimum absolute atomic E-state index is 0.237. The zero-order valence-electron chi connectivity index (χ0n) is 16.6. The summed E-state index contributed by atoms with van der Waals surface area (Å²) < 4.78 is 14.1. The molecule has 4 N–H and O–H groups in total. The summed E-state index contributed by atoms with van der Waals surface area (Å²) in [6.07, 6.45) is 1.38. The maximum absolute atomic E-state index is 14.1. The molecule has 1 aliphatic rings. The first-order valence-corrected chi connectivity index (χ1v) is 10.1. The zero-order chi connectivity index (χ0) is 21.8. The lowest BCUT2D eigenvalue weighted by molar-refractivity contribution is 0.0962. The molecule has 0 aliphatic carbocycles. The van der Waals surface area contributed by atoms with Crippen LogP contribution < -0.4 is 26.4 Å². The largest absolute Gasteiger partial charge is 0.393 e. The Kier molecular flexibility index (Phi) is 6.03. The number of para-hydroxylation sites is 1. The van der Waals surface area contributed by atoms with Gasteiger partial charge in [-0.1, -0.05) is 29.8 Å². The predicted octanol–water partition coefficient (Wildman–Crippen LogP) is 2.93. The molecule has 1 fully saturated rings. The lowest BCUT2D eigenvalue weighted by atomic mass is 10.2. The third-order valence-corrected chi connectivity index (χ3v) is 5.25. The Hall–Kier alpha value is -3.59. The van der Waals surface area contributed by atoms with Gasteiger partial charge in [-0.25, -0.2) is 14.4 Å². The van der Waals surface area contributed by atoms with E-state index < -0.39 is 0 Å². The average molecular weight is 442 g/mol. The van der Waals surface area contributed by atoms with Gasteiger partial charge in [0.1, 0.15) is 17.8 Å². The summed E-state index contributed by atoms with van der Waals surface area (Å²) in [6, 6.07) is 13.3. The number of aromatic nitrogens is 2. The van der Waals surface area contributed by atoms with E-state index in [-0.39, 0.29) is 17.5 Å². The second kappa shape index (κ2) is 9.05. The molecule has 160 valence electrons. The van der Waals surface area contributed by atoms with Crippen molar-refractivity contribution in [2.45, 2.75) is 0 Å². The van der Waals surface area contributed by atoms with E-state index in [0.29, 0.717) is 54.0 Å². The highest BCUT2D eigenvalue weighted by atomic mass is 35.5. The smallest absolute Gasteiger partial charge is 0.269 e. The van der Waals surface area contributed by atoms with Crippen LogP contribution in [0.3, 0.4) is 0 Å². The highest BCUT2D eigenvalue weighted by molar-refractivity contribution is 6.30. The second-order valence-corrected chi connectivity index (χ2v) is 7.41. The van der Waals surface area contributed by atoms with E-state index in [2.05, 4.69) is 20.8 Å². The van der Waals surface area contributed by atoms with Crippen LogP contribution >= 0.6 is 11.6 Å². The van der Waals surface area contributed by atoms with Crippen molar-refractivity contribution in [3.8, 4) is 0 Å². The molecular weight excluding hydrogens is 421 g/mol. The van der Waals surface area contributed by atoms with Crippen molar-refractivity contribution in [2.24, 2.45) is 0 Å². The van der Waals surface area contributed by atoms with Crippen molar-refractivity contribution >= 4 is 40.5 Å². The molecule has 0 saturated carbocycles. The Labute approximate surface area is 183 Å². The van der Waals surface area contributed by atoms with E-state index >= 15 is 0 Å². The number of benzene rings is 2. The van der Waals surface area contributed by atoms with Gasteiger partial charge >= 0.3 is 0 Å². The highest BCUT2D eigenvalue weighted by Crippen LogP contribution is 2.28. The van der Waals surface area contributed by atoms with Crippen molar-refractivity contribution in [3.05, 3.63) is 71.3 Å². The number of nitrogens with one attached hydrogen (secondary N) is 2. The van der Waals surface area contributed by atoms with Gasteiger partial charge in [0.05, 0.1) is 5.69 Å². The number of carbonyl (C=O) groups excluding carboxylic acids is 1. The number of nitrogens with two attached hydrogens (primary N) is 1. The molecule has 3 aromatic rings. The molecule has 1 amide bonds. The molecule has 1 aliphatic heterocycles. The summed E-state index contributed by atoms with van der Waals surface area (Å²) >= 11 is 5.93. The molecule has 31 heavy (non-hydrogen) atoms. The molecule has 0 bridgehead atoms. The van der Waals surface area contributed by atoms with Crippen LogP contribution in [0.2, 0.25) is 5.02 Å². The second-order valence-electron chi connectivity index (χ2n) is 6.97. The molecule has 10 heteroatoms. The maximum Gasteiger partial charge on any atom is 0.269 e. The topological polar surface area (TPSA) is 99.4 Å². The van der Waals surface area contributed by atoms with Gasteiger partial charge < -0.3 is 15.5 Å². The fourth-order valence-corrected chi connectivity index (χ4v) is 3.61. The molecule has 1 saturated heterocycles. The van der Waals surface area contributed by atoms with Gasteiger partial charge in [0.25, 0.3) is 5.91 Å². The van der Waals surface area contributed by atoms with Gasteiger partial charge in [-0.2, -0.15) is 0 Å². The number of halogens is 2. The van der Waals surface area contributed by atoms with Gasteiger partial charge in [0, 0.05) is 36.8 Å². The van der Waals surface area contributed by atoms with Crippen LogP contribution in [0.1, 0.15) is 10.4 Å². The van der Waals surface area contributed by atoms with Crippen LogP contribution in [0.4, 0.5) is 27.4 Å². The third kappa shape index (κ3) is 4.61. The molecule has 8 nitrogen and oxygen atoms in total. The summed E-state index contributed by atoms with van der Waals surface area (Å²) in [4.78, 5) is 24.7. The summed E-state index contributed by atoms with van der Waals surface area (Å²) in [6.45, 7) is 2.48. The van der Waals surface area contributed by atoms with Gasteiger partial charge in [-0.05, 0) is 30.3 Å². The van der Waals surface area contributed by atoms with Gasteiger partial charge in [-0.15, -0.1) is 0 Å². The first-order valence-electron chi connectivity index (χ1n) is 9.70. The van der Waals surface area contributed by atoms with Gasteiger partial charge in [0.2, 0.25) is 0 Å². The van der Waals surface area contributed by atoms with Crippen LogP contribution in [0.15, 0.2) is 54.9 Å². The Morgan fingerprint density at radius 2 is 1.77 bits per heavy atom. The standard InChI is InChI=1S/C21H21ClFN7O/c22-15-5-3-4-14(12-15)21(31)28-27-19-18(24)20(26-13-25-19)30-10-8-29(9-11-30)17-7-2-1-6-16(17)23/h1-7,12-13H,8-11,24H2,(H,28,31)(H,25,26,27). The average Bonchev–Trinajstić information content (AvgIpc) is 2.79. The molecule has 2 heterocycles. The van der Waals surface area contributed by atoms with Crippen LogP contribution in [-0.2, 0) is 0 Å². The quantitative estimate of drug-likeness (QED) is 0.523. The molecule has 0 spiro atoms. The monoisotopic (exact) mass is 441 g/mol. The van der Waals surface area contributed by atoms with Crippen LogP contribution in [0, 0.1) is 5.82 Å². The van der Waals surface area contributed by atoms with E-state index in [4.69, 9.17) is 17.3 Å². The Bertz CT molecular complexity index is 1090. The SMILES string of the molecule is Nc1c(NNC(=O)c2cccc(Cl)c2)ncnc1N1CCN(c2ccccc2F)CC1. The first kappa shape index (κ1) is 20.7. The number of rotatable bonds is 5. The maximum atomic E-state index is 14.1. The van der Waals surface area contributed by atoms with Crippen LogP contribution in [0.5, 0.6) is 0 Å². The van der Waals surface area contributed by atoms with Gasteiger partial charge in [-0.3, -0.25) is 15.6 Å². The van der Waals surface area contributed by atoms with E-state index in [1.54, 1.807) is 36.4 Å². The normalized spacial score (nSPS) is 13.7. The first-order chi connectivity index (χ1) is 15.0. The Morgan fingerprint density at radius 1 is 1.03 bits per heavy atom. The Morgan fingerprint density at radius 3 is 2.52 bits per heavy atom. The van der Waals surface area contributed by atoms with Crippen molar-refractivity contribution in [1.82, 2.24) is 15.4 Å². The van der Waals surface area contributed by atoms with E-state index in [9.17, 15) is 9.18 Å². The predicted molar refractivity (Wildman–Crippen MR) is 120 cm³/mol. The number of nitrogens with zero attached hydrogens (tertiary/aromatic N) is 4. The van der Waals surface area contributed by atoms with Gasteiger partial charge in [0.15, 0.2) is 11.6 Å². The van der Waals surface area contributed by atoms with Crippen molar-refractivity contribution in [3.63, 3.8) is 0 Å². The third-order valence-electron chi connectivity index (χ3n) is 5.02. The molecular formula is C21H21ClFN7O. The number of hydrogen-bond donors (Lipinski definition) is 3. The summed E-state index contributed by atoms with van der Waals surface area (Å²) in [5, 5.41) is 0.464. The van der Waals surface area contributed by atoms with E-state index in [1.165, 1.54) is 12.4 Å². The number of carbonyl (C=O) groups is 1. The lowest BCUT2D eigenvalue weighted by Gasteiger charge is -2.37. The van der Waals surface area contributed by atoms with Crippen molar-refractivity contribution in [1.29, 1.82) is 0 Å². The van der Waals surface area contributed by atoms with Crippen LogP contribution in [0.25, 0.3) is 0 Å². The molecule has 4 rings (SSSR count). The fraction of sp³-hybridized carbons (Fsp3) is 0.190. The number of piperazine rings is 1. The van der Waals surface area contributed by atoms with E-state index in [0.717, 1.165) is 0 Å². The van der Waals surface area contributed by atoms with Crippen LogP contribution in [-0.4, -0.2) is 42.1 Å². The number of nitrogen functional groups attached to an aromatic ring is 1. The summed E-state index contributed by atoms with van der Waals surface area (Å²) in [5.74, 6) is 0.236. The molecule has 0 radical (unpaired) electrons. The Balaban J connectivity index is 1.41. The van der Waals surface area contributed by atoms with E-state index in [1.807, 2.05) is 15.9 Å². The highest BCUT2D eigenvalue weighted by Gasteiger charge is 2.23. The fourth-order valence-electron chi connectivity index (χ4n) is 3.42. The minimum atomic E-state index is -0.374. The number of amides is 1. The number of hydrazine groups is 1. The lowest BCUT2D eigenvalue weighted by Crippen LogP contribution is -2.47.